The van der Waals surface area contributed by atoms with Crippen LogP contribution in [0, 0.1) is 5.92 Å². The SMILES string of the molecule is O=C(O)C1CCCn2c1cnc2CC1CCCSC1. The fourth-order valence-electron chi connectivity index (χ4n) is 3.21. The standard InChI is InChI=1S/C14H20N2O2S/c17-14(18)11-4-1-5-16-12(11)8-15-13(16)7-10-3-2-6-19-9-10/h8,10-11H,1-7,9H2,(H,17,18). The largest absolute Gasteiger partial charge is 0.481 e. The minimum atomic E-state index is -0.708. The molecule has 2 unspecified atom stereocenters. The molecule has 0 aliphatic carbocycles. The number of carboxylic acid groups (broad SMARTS) is 1. The van der Waals surface area contributed by atoms with Crippen LogP contribution in [-0.2, 0) is 17.8 Å². The molecule has 1 fully saturated rings. The van der Waals surface area contributed by atoms with E-state index in [9.17, 15) is 9.90 Å². The number of imidazole rings is 1. The molecule has 0 saturated carbocycles. The molecule has 2 atom stereocenters. The molecule has 5 heteroatoms. The van der Waals surface area contributed by atoms with Gasteiger partial charge in [0.05, 0.1) is 11.6 Å². The summed E-state index contributed by atoms with van der Waals surface area (Å²) in [4.78, 5) is 15.8. The minimum absolute atomic E-state index is 0.351. The van der Waals surface area contributed by atoms with Crippen molar-refractivity contribution in [2.24, 2.45) is 5.92 Å². The molecule has 3 heterocycles. The lowest BCUT2D eigenvalue weighted by molar-refractivity contribution is -0.139. The Morgan fingerprint density at radius 1 is 1.47 bits per heavy atom. The second-order valence-electron chi connectivity index (χ2n) is 5.57. The van der Waals surface area contributed by atoms with Crippen LogP contribution in [0.4, 0.5) is 0 Å². The first kappa shape index (κ1) is 13.0. The highest BCUT2D eigenvalue weighted by Crippen LogP contribution is 2.31. The van der Waals surface area contributed by atoms with Gasteiger partial charge in [-0.1, -0.05) is 0 Å². The van der Waals surface area contributed by atoms with Gasteiger partial charge in [-0.2, -0.15) is 11.8 Å². The number of thioether (sulfide) groups is 1. The quantitative estimate of drug-likeness (QED) is 0.924. The topological polar surface area (TPSA) is 55.1 Å². The van der Waals surface area contributed by atoms with Gasteiger partial charge in [0.1, 0.15) is 5.82 Å². The number of rotatable bonds is 3. The molecular formula is C14H20N2O2S. The Morgan fingerprint density at radius 3 is 3.11 bits per heavy atom. The first-order valence-corrected chi connectivity index (χ1v) is 8.26. The summed E-state index contributed by atoms with van der Waals surface area (Å²) in [6.07, 6.45) is 7.10. The van der Waals surface area contributed by atoms with Gasteiger partial charge in [0.15, 0.2) is 0 Å². The Hall–Kier alpha value is -0.970. The predicted molar refractivity (Wildman–Crippen MR) is 75.6 cm³/mol. The molecule has 1 saturated heterocycles. The summed E-state index contributed by atoms with van der Waals surface area (Å²) in [5.74, 6) is 3.28. The molecule has 4 nitrogen and oxygen atoms in total. The van der Waals surface area contributed by atoms with Gasteiger partial charge < -0.3 is 9.67 Å². The highest BCUT2D eigenvalue weighted by molar-refractivity contribution is 7.99. The van der Waals surface area contributed by atoms with Crippen LogP contribution in [0.1, 0.15) is 43.1 Å². The van der Waals surface area contributed by atoms with Crippen LogP contribution in [0.3, 0.4) is 0 Å². The van der Waals surface area contributed by atoms with Gasteiger partial charge in [-0.15, -0.1) is 0 Å². The molecule has 19 heavy (non-hydrogen) atoms. The summed E-state index contributed by atoms with van der Waals surface area (Å²) in [6, 6.07) is 0. The van der Waals surface area contributed by atoms with Crippen LogP contribution in [0.25, 0.3) is 0 Å². The van der Waals surface area contributed by atoms with Crippen LogP contribution in [0.15, 0.2) is 6.20 Å². The molecule has 1 aromatic rings. The maximum Gasteiger partial charge on any atom is 0.312 e. The van der Waals surface area contributed by atoms with E-state index in [4.69, 9.17) is 0 Å². The minimum Gasteiger partial charge on any atom is -0.481 e. The van der Waals surface area contributed by atoms with Crippen molar-refractivity contribution in [1.29, 1.82) is 0 Å². The lowest BCUT2D eigenvalue weighted by Gasteiger charge is -2.25. The fourth-order valence-corrected chi connectivity index (χ4v) is 4.36. The van der Waals surface area contributed by atoms with Crippen LogP contribution in [-0.4, -0.2) is 32.1 Å². The number of fused-ring (bicyclic) bond motifs is 1. The van der Waals surface area contributed by atoms with E-state index in [0.717, 1.165) is 43.2 Å². The number of carbonyl (C=O) groups is 1. The molecule has 0 bridgehead atoms. The number of nitrogens with zero attached hydrogens (tertiary/aromatic N) is 2. The maximum absolute atomic E-state index is 11.3. The van der Waals surface area contributed by atoms with Crippen LogP contribution < -0.4 is 0 Å². The molecule has 0 radical (unpaired) electrons. The number of hydrogen-bond donors (Lipinski definition) is 1. The normalized spacial score (nSPS) is 26.9. The van der Waals surface area contributed by atoms with Gasteiger partial charge in [0, 0.05) is 19.2 Å². The average Bonchev–Trinajstić information content (AvgIpc) is 2.83. The van der Waals surface area contributed by atoms with E-state index < -0.39 is 5.97 Å². The van der Waals surface area contributed by atoms with Crippen molar-refractivity contribution in [1.82, 2.24) is 9.55 Å². The van der Waals surface area contributed by atoms with Crippen molar-refractivity contribution in [3.05, 3.63) is 17.7 Å². The summed E-state index contributed by atoms with van der Waals surface area (Å²) in [7, 11) is 0. The monoisotopic (exact) mass is 280 g/mol. The highest BCUT2D eigenvalue weighted by atomic mass is 32.2. The molecule has 3 rings (SSSR count). The zero-order valence-corrected chi connectivity index (χ0v) is 11.9. The molecule has 1 N–H and O–H groups in total. The van der Waals surface area contributed by atoms with Crippen molar-refractivity contribution in [3.63, 3.8) is 0 Å². The molecule has 0 spiro atoms. The third kappa shape index (κ3) is 2.66. The lowest BCUT2D eigenvalue weighted by Crippen LogP contribution is -2.24. The van der Waals surface area contributed by atoms with E-state index in [2.05, 4.69) is 9.55 Å². The van der Waals surface area contributed by atoms with Crippen LogP contribution >= 0.6 is 11.8 Å². The maximum atomic E-state index is 11.3. The van der Waals surface area contributed by atoms with Gasteiger partial charge in [0.25, 0.3) is 0 Å². The molecule has 2 aliphatic heterocycles. The smallest absolute Gasteiger partial charge is 0.312 e. The summed E-state index contributed by atoms with van der Waals surface area (Å²) in [5, 5.41) is 9.27. The van der Waals surface area contributed by atoms with E-state index in [-0.39, 0.29) is 5.92 Å². The molecule has 2 aliphatic rings. The van der Waals surface area contributed by atoms with E-state index in [1.807, 2.05) is 11.8 Å². The van der Waals surface area contributed by atoms with Crippen molar-refractivity contribution in [2.45, 2.75) is 44.6 Å². The number of aliphatic carboxylic acids is 1. The summed E-state index contributed by atoms with van der Waals surface area (Å²) >= 11 is 2.04. The third-order valence-electron chi connectivity index (χ3n) is 4.22. The molecule has 0 aromatic carbocycles. The Balaban J connectivity index is 1.78. The Morgan fingerprint density at radius 2 is 2.37 bits per heavy atom. The second kappa shape index (κ2) is 5.57. The third-order valence-corrected chi connectivity index (χ3v) is 5.51. The molecular weight excluding hydrogens is 260 g/mol. The summed E-state index contributed by atoms with van der Waals surface area (Å²) < 4.78 is 2.17. The van der Waals surface area contributed by atoms with E-state index in [0.29, 0.717) is 0 Å². The molecule has 0 amide bonds. The van der Waals surface area contributed by atoms with Crippen molar-refractivity contribution < 1.29 is 9.90 Å². The van der Waals surface area contributed by atoms with Crippen molar-refractivity contribution in [2.75, 3.05) is 11.5 Å². The number of aromatic nitrogens is 2. The van der Waals surface area contributed by atoms with E-state index in [1.165, 1.54) is 24.3 Å². The number of carboxylic acids is 1. The zero-order valence-electron chi connectivity index (χ0n) is 11.0. The Kier molecular flexibility index (Phi) is 3.82. The van der Waals surface area contributed by atoms with Gasteiger partial charge in [0.2, 0.25) is 0 Å². The van der Waals surface area contributed by atoms with Gasteiger partial charge in [-0.05, 0) is 43.1 Å². The van der Waals surface area contributed by atoms with Crippen molar-refractivity contribution in [3.8, 4) is 0 Å². The van der Waals surface area contributed by atoms with Gasteiger partial charge >= 0.3 is 5.97 Å². The molecule has 1 aromatic heterocycles. The highest BCUT2D eigenvalue weighted by Gasteiger charge is 2.29. The summed E-state index contributed by atoms with van der Waals surface area (Å²) in [6.45, 7) is 0.939. The van der Waals surface area contributed by atoms with Gasteiger partial charge in [-0.25, -0.2) is 4.98 Å². The van der Waals surface area contributed by atoms with Crippen LogP contribution in [0.5, 0.6) is 0 Å². The molecule has 104 valence electrons. The first-order valence-electron chi connectivity index (χ1n) is 7.10. The fraction of sp³-hybridized carbons (Fsp3) is 0.714. The average molecular weight is 280 g/mol. The summed E-state index contributed by atoms with van der Waals surface area (Å²) in [5.41, 5.74) is 0.914. The second-order valence-corrected chi connectivity index (χ2v) is 6.72. The zero-order chi connectivity index (χ0) is 13.2. The van der Waals surface area contributed by atoms with Crippen LogP contribution in [0.2, 0.25) is 0 Å². The van der Waals surface area contributed by atoms with E-state index in [1.54, 1.807) is 6.20 Å². The number of hydrogen-bond acceptors (Lipinski definition) is 3. The predicted octanol–water partition coefficient (Wildman–Crippen LogP) is 2.53. The van der Waals surface area contributed by atoms with Gasteiger partial charge in [-0.3, -0.25) is 4.79 Å². The van der Waals surface area contributed by atoms with Crippen molar-refractivity contribution >= 4 is 17.7 Å². The Bertz CT molecular complexity index is 466. The first-order chi connectivity index (χ1) is 9.25. The lowest BCUT2D eigenvalue weighted by atomic mass is 9.96. The van der Waals surface area contributed by atoms with E-state index >= 15 is 0 Å². The Labute approximate surface area is 117 Å².